The van der Waals surface area contributed by atoms with Gasteiger partial charge in [-0.15, -0.1) is 0 Å². The zero-order chi connectivity index (χ0) is 9.84. The highest BCUT2D eigenvalue weighted by Gasteiger charge is 2.30. The summed E-state index contributed by atoms with van der Waals surface area (Å²) in [6.45, 7) is 4.01. The number of carbonyl (C=O) groups is 1. The van der Waals surface area contributed by atoms with Gasteiger partial charge in [0.2, 0.25) is 5.91 Å². The lowest BCUT2D eigenvalue weighted by Crippen LogP contribution is -2.47. The van der Waals surface area contributed by atoms with Crippen LogP contribution in [-0.4, -0.2) is 43.3 Å². The van der Waals surface area contributed by atoms with Crippen molar-refractivity contribution in [2.75, 3.05) is 20.2 Å². The quantitative estimate of drug-likeness (QED) is 0.597. The van der Waals surface area contributed by atoms with Gasteiger partial charge in [-0.3, -0.25) is 4.79 Å². The van der Waals surface area contributed by atoms with Crippen molar-refractivity contribution in [1.29, 1.82) is 0 Å². The van der Waals surface area contributed by atoms with E-state index < -0.39 is 6.17 Å². The van der Waals surface area contributed by atoms with E-state index >= 15 is 0 Å². The molecule has 0 radical (unpaired) electrons. The lowest BCUT2D eigenvalue weighted by Gasteiger charge is -2.33. The number of ether oxygens (including phenoxy) is 1. The summed E-state index contributed by atoms with van der Waals surface area (Å²) in [4.78, 5) is 12.6. The molecule has 1 aliphatic heterocycles. The molecule has 1 heterocycles. The number of alkyl halides is 1. The van der Waals surface area contributed by atoms with Crippen molar-refractivity contribution in [2.45, 2.75) is 18.7 Å². The van der Waals surface area contributed by atoms with Crippen molar-refractivity contribution in [2.24, 2.45) is 0 Å². The average molecular weight is 187 g/mol. The number of likely N-dealkylation sites (tertiary alicyclic amines) is 1. The minimum Gasteiger partial charge on any atom is -0.378 e. The fourth-order valence-electron chi connectivity index (χ4n) is 1.48. The Balaban J connectivity index is 2.50. The van der Waals surface area contributed by atoms with Crippen molar-refractivity contribution in [1.82, 2.24) is 4.90 Å². The van der Waals surface area contributed by atoms with E-state index in [0.717, 1.165) is 0 Å². The Morgan fingerprint density at radius 2 is 2.46 bits per heavy atom. The molecule has 0 saturated carbocycles. The van der Waals surface area contributed by atoms with E-state index in [9.17, 15) is 9.18 Å². The largest absolute Gasteiger partial charge is 0.378 e. The lowest BCUT2D eigenvalue weighted by molar-refractivity contribution is -0.130. The standard InChI is InChI=1S/C9H14FNO2/c1-3-9(12)11-5-4-8(13-2)7(10)6-11/h3,7-8H,1,4-6H2,2H3. The normalized spacial score (nSPS) is 28.6. The number of hydrogen-bond acceptors (Lipinski definition) is 2. The number of piperidine rings is 1. The Bertz CT molecular complexity index is 208. The number of methoxy groups -OCH3 is 1. The topological polar surface area (TPSA) is 29.5 Å². The molecule has 3 nitrogen and oxygen atoms in total. The molecule has 0 aliphatic carbocycles. The highest BCUT2D eigenvalue weighted by atomic mass is 19.1. The van der Waals surface area contributed by atoms with Gasteiger partial charge in [0.25, 0.3) is 0 Å². The van der Waals surface area contributed by atoms with E-state index in [2.05, 4.69) is 6.58 Å². The fourth-order valence-corrected chi connectivity index (χ4v) is 1.48. The molecule has 1 saturated heterocycles. The molecule has 0 N–H and O–H groups in total. The summed E-state index contributed by atoms with van der Waals surface area (Å²) in [5.41, 5.74) is 0. The van der Waals surface area contributed by atoms with Crippen molar-refractivity contribution in [3.63, 3.8) is 0 Å². The van der Waals surface area contributed by atoms with Crippen LogP contribution in [0.1, 0.15) is 6.42 Å². The van der Waals surface area contributed by atoms with E-state index in [-0.39, 0.29) is 18.6 Å². The first kappa shape index (κ1) is 10.2. The van der Waals surface area contributed by atoms with Crippen LogP contribution in [0.2, 0.25) is 0 Å². The number of halogens is 1. The van der Waals surface area contributed by atoms with Crippen molar-refractivity contribution >= 4 is 5.91 Å². The third-order valence-corrected chi connectivity index (χ3v) is 2.27. The second-order valence-electron chi connectivity index (χ2n) is 3.07. The van der Waals surface area contributed by atoms with E-state index in [4.69, 9.17) is 4.74 Å². The van der Waals surface area contributed by atoms with Gasteiger partial charge in [-0.05, 0) is 12.5 Å². The molecule has 1 amide bonds. The number of carbonyl (C=O) groups excluding carboxylic acids is 1. The summed E-state index contributed by atoms with van der Waals surface area (Å²) >= 11 is 0. The van der Waals surface area contributed by atoms with Gasteiger partial charge >= 0.3 is 0 Å². The monoisotopic (exact) mass is 187 g/mol. The SMILES string of the molecule is C=CC(=O)N1CCC(OC)C(F)C1. The van der Waals surface area contributed by atoms with Gasteiger partial charge in [-0.2, -0.15) is 0 Å². The predicted molar refractivity (Wildman–Crippen MR) is 47.1 cm³/mol. The van der Waals surface area contributed by atoms with Crippen LogP contribution in [0.4, 0.5) is 4.39 Å². The molecule has 0 spiro atoms. The molecule has 0 aromatic rings. The number of rotatable bonds is 2. The Morgan fingerprint density at radius 3 is 2.92 bits per heavy atom. The molecule has 13 heavy (non-hydrogen) atoms. The molecule has 0 aromatic heterocycles. The molecular weight excluding hydrogens is 173 g/mol. The molecule has 2 atom stereocenters. The molecule has 1 rings (SSSR count). The van der Waals surface area contributed by atoms with E-state index in [1.54, 1.807) is 0 Å². The summed E-state index contributed by atoms with van der Waals surface area (Å²) in [7, 11) is 1.49. The van der Waals surface area contributed by atoms with Crippen LogP contribution in [0.3, 0.4) is 0 Å². The summed E-state index contributed by atoms with van der Waals surface area (Å²) in [6, 6.07) is 0. The van der Waals surface area contributed by atoms with Crippen LogP contribution in [0.15, 0.2) is 12.7 Å². The summed E-state index contributed by atoms with van der Waals surface area (Å²) in [6.07, 6.45) is 0.313. The summed E-state index contributed by atoms with van der Waals surface area (Å²) < 4.78 is 18.2. The van der Waals surface area contributed by atoms with Crippen LogP contribution in [-0.2, 0) is 9.53 Å². The van der Waals surface area contributed by atoms with E-state index in [0.29, 0.717) is 13.0 Å². The van der Waals surface area contributed by atoms with Gasteiger partial charge in [0.05, 0.1) is 12.6 Å². The highest BCUT2D eigenvalue weighted by Crippen LogP contribution is 2.16. The molecule has 74 valence electrons. The van der Waals surface area contributed by atoms with Gasteiger partial charge < -0.3 is 9.64 Å². The van der Waals surface area contributed by atoms with Gasteiger partial charge in [0, 0.05) is 13.7 Å². The number of nitrogens with zero attached hydrogens (tertiary/aromatic N) is 1. The number of amides is 1. The second-order valence-corrected chi connectivity index (χ2v) is 3.07. The number of hydrogen-bond donors (Lipinski definition) is 0. The highest BCUT2D eigenvalue weighted by molar-refractivity contribution is 5.87. The van der Waals surface area contributed by atoms with Crippen LogP contribution < -0.4 is 0 Å². The zero-order valence-electron chi connectivity index (χ0n) is 7.70. The Morgan fingerprint density at radius 1 is 1.77 bits per heavy atom. The van der Waals surface area contributed by atoms with Crippen LogP contribution >= 0.6 is 0 Å². The predicted octanol–water partition coefficient (Wildman–Crippen LogP) is 0.758. The maximum atomic E-state index is 13.2. The van der Waals surface area contributed by atoms with E-state index in [1.807, 2.05) is 0 Å². The second kappa shape index (κ2) is 4.37. The first-order valence-corrected chi connectivity index (χ1v) is 4.27. The Kier molecular flexibility index (Phi) is 3.42. The maximum absolute atomic E-state index is 13.2. The van der Waals surface area contributed by atoms with Gasteiger partial charge in [0.15, 0.2) is 0 Å². The van der Waals surface area contributed by atoms with Crippen molar-refractivity contribution in [3.05, 3.63) is 12.7 Å². The van der Waals surface area contributed by atoms with Gasteiger partial charge in [0.1, 0.15) is 6.17 Å². The van der Waals surface area contributed by atoms with Crippen LogP contribution in [0, 0.1) is 0 Å². The maximum Gasteiger partial charge on any atom is 0.246 e. The molecular formula is C9H14FNO2. The third kappa shape index (κ3) is 2.28. The third-order valence-electron chi connectivity index (χ3n) is 2.27. The summed E-state index contributed by atoms with van der Waals surface area (Å²) in [5, 5.41) is 0. The Hall–Kier alpha value is -0.900. The molecule has 1 fully saturated rings. The van der Waals surface area contributed by atoms with Crippen LogP contribution in [0.5, 0.6) is 0 Å². The summed E-state index contributed by atoms with van der Waals surface area (Å²) in [5.74, 6) is -0.211. The molecule has 4 heteroatoms. The molecule has 2 unspecified atom stereocenters. The average Bonchev–Trinajstić information content (AvgIpc) is 2.16. The first-order chi connectivity index (χ1) is 6.19. The lowest BCUT2D eigenvalue weighted by atomic mass is 10.1. The smallest absolute Gasteiger partial charge is 0.246 e. The fraction of sp³-hybridized carbons (Fsp3) is 0.667. The van der Waals surface area contributed by atoms with E-state index in [1.165, 1.54) is 18.1 Å². The molecule has 0 aromatic carbocycles. The molecule has 0 bridgehead atoms. The van der Waals surface area contributed by atoms with Crippen LogP contribution in [0.25, 0.3) is 0 Å². The van der Waals surface area contributed by atoms with Crippen molar-refractivity contribution in [3.8, 4) is 0 Å². The zero-order valence-corrected chi connectivity index (χ0v) is 7.70. The molecule has 1 aliphatic rings. The Labute approximate surface area is 77.2 Å². The van der Waals surface area contributed by atoms with Crippen molar-refractivity contribution < 1.29 is 13.9 Å². The minimum atomic E-state index is -1.08. The first-order valence-electron chi connectivity index (χ1n) is 4.27. The van der Waals surface area contributed by atoms with Gasteiger partial charge in [-0.1, -0.05) is 6.58 Å². The van der Waals surface area contributed by atoms with Gasteiger partial charge in [-0.25, -0.2) is 4.39 Å². The minimum absolute atomic E-state index is 0.114.